The number of rotatable bonds is 3. The molecule has 2 rings (SSSR count). The first-order chi connectivity index (χ1) is 9.92. The molecule has 0 atom stereocenters. The minimum Gasteiger partial charge on any atom is -0.490 e. The number of nitrogens with zero attached hydrogens (tertiary/aromatic N) is 2. The minimum absolute atomic E-state index is 0.0686. The maximum atomic E-state index is 11.6. The average molecular weight is 292 g/mol. The summed E-state index contributed by atoms with van der Waals surface area (Å²) in [7, 11) is 1.30. The van der Waals surface area contributed by atoms with Crippen molar-refractivity contribution in [2.45, 2.75) is 0 Å². The van der Waals surface area contributed by atoms with E-state index in [2.05, 4.69) is 4.67 Å². The number of hydrogen-bond acceptors (Lipinski definition) is 4. The Morgan fingerprint density at radius 2 is 2.14 bits per heavy atom. The molecule has 0 aromatic heterocycles. The van der Waals surface area contributed by atoms with E-state index < -0.39 is 22.7 Å². The van der Waals surface area contributed by atoms with Gasteiger partial charge in [-0.2, -0.15) is 5.32 Å². The molecule has 9 nitrogen and oxygen atoms in total. The second-order valence-electron chi connectivity index (χ2n) is 3.96. The standard InChI is InChI=1S/C12H9N3O6/c1-21-9-3-2-6(5-8(9)15(19)20)4-7-10(16)13-12(18)14-11(7)17/h2-5H,1H3,(H2,13,14,16,17,18)/p+1. The van der Waals surface area contributed by atoms with Crippen molar-refractivity contribution in [3.8, 4) is 5.75 Å². The molecule has 0 unspecified atom stereocenters. The van der Waals surface area contributed by atoms with Gasteiger partial charge in [-0.25, -0.2) is 4.79 Å². The number of methoxy groups -OCH3 is 1. The lowest BCUT2D eigenvalue weighted by molar-refractivity contribution is -0.385. The zero-order valence-electron chi connectivity index (χ0n) is 10.7. The summed E-state index contributed by atoms with van der Waals surface area (Å²) in [6, 6.07) is 3.29. The van der Waals surface area contributed by atoms with Crippen molar-refractivity contribution in [3.63, 3.8) is 0 Å². The van der Waals surface area contributed by atoms with Crippen molar-refractivity contribution < 1.29 is 24.7 Å². The normalized spacial score (nSPS) is 16.0. The van der Waals surface area contributed by atoms with Gasteiger partial charge in [0.05, 0.1) is 12.0 Å². The van der Waals surface area contributed by atoms with Crippen LogP contribution < -0.4 is 14.7 Å². The molecule has 21 heavy (non-hydrogen) atoms. The number of nitro groups is 1. The summed E-state index contributed by atoms with van der Waals surface area (Å²) in [6.45, 7) is 0. The fourth-order valence-corrected chi connectivity index (χ4v) is 1.70. The summed E-state index contributed by atoms with van der Waals surface area (Å²) in [4.78, 5) is 21.9. The van der Waals surface area contributed by atoms with Crippen molar-refractivity contribution in [2.24, 2.45) is 0 Å². The lowest BCUT2D eigenvalue weighted by Crippen LogP contribution is -2.40. The molecule has 1 aromatic rings. The van der Waals surface area contributed by atoms with Gasteiger partial charge < -0.3 is 14.9 Å². The molecule has 0 saturated carbocycles. The third-order valence-corrected chi connectivity index (χ3v) is 2.63. The van der Waals surface area contributed by atoms with E-state index >= 15 is 0 Å². The number of hydrogen-bond donors (Lipinski definition) is 3. The number of aliphatic hydroxyl groups excluding tert-OH is 2. The van der Waals surface area contributed by atoms with Gasteiger partial charge in [0.15, 0.2) is 11.3 Å². The predicted octanol–water partition coefficient (Wildman–Crippen LogP) is 0.0543. The van der Waals surface area contributed by atoms with Crippen molar-refractivity contribution in [1.82, 2.24) is 9.98 Å². The molecule has 0 fully saturated rings. The van der Waals surface area contributed by atoms with Crippen LogP contribution in [0.25, 0.3) is 6.08 Å². The Morgan fingerprint density at radius 1 is 1.43 bits per heavy atom. The molecule has 0 saturated heterocycles. The van der Waals surface area contributed by atoms with Gasteiger partial charge in [0.25, 0.3) is 0 Å². The topological polar surface area (TPSA) is 136 Å². The Morgan fingerprint density at radius 3 is 2.71 bits per heavy atom. The van der Waals surface area contributed by atoms with Gasteiger partial charge in [0.2, 0.25) is 0 Å². The van der Waals surface area contributed by atoms with Gasteiger partial charge in [0, 0.05) is 6.07 Å². The number of amides is 1. The highest BCUT2D eigenvalue weighted by atomic mass is 16.6. The maximum absolute atomic E-state index is 11.6. The zero-order valence-corrected chi connectivity index (χ0v) is 10.7. The smallest absolute Gasteiger partial charge is 0.490 e. The molecule has 0 radical (unpaired) electrons. The van der Waals surface area contributed by atoms with Crippen molar-refractivity contribution in [1.29, 1.82) is 0 Å². The van der Waals surface area contributed by atoms with Crippen LogP contribution in [-0.4, -0.2) is 40.1 Å². The minimum atomic E-state index is -0.779. The number of carbonyl (C=O) groups is 1. The highest BCUT2D eigenvalue weighted by Crippen LogP contribution is 2.28. The van der Waals surface area contributed by atoms with Crippen LogP contribution in [0.5, 0.6) is 5.75 Å². The molecular weight excluding hydrogens is 282 g/mol. The third-order valence-electron chi connectivity index (χ3n) is 2.63. The number of carbonyl (C=O) groups excluding carboxylic acids is 1. The van der Waals surface area contributed by atoms with Crippen molar-refractivity contribution in [2.75, 3.05) is 7.11 Å². The number of amidine groups is 1. The molecule has 1 amide bonds. The molecule has 1 aliphatic heterocycles. The molecule has 0 spiro atoms. The van der Waals surface area contributed by atoms with Crippen molar-refractivity contribution >= 4 is 29.6 Å². The molecular formula is C12H10N3O6+. The van der Waals surface area contributed by atoms with E-state index in [1.807, 2.05) is 5.32 Å². The highest BCUT2D eigenvalue weighted by Gasteiger charge is 2.31. The van der Waals surface area contributed by atoms with E-state index in [0.717, 1.165) is 0 Å². The van der Waals surface area contributed by atoms with Gasteiger partial charge in [-0.1, -0.05) is 6.07 Å². The number of benzene rings is 1. The largest absolute Gasteiger partial charge is 0.556 e. The fraction of sp³-hybridized carbons (Fsp3) is 0.0833. The second kappa shape index (κ2) is 5.35. The first kappa shape index (κ1) is 14.1. The Kier molecular flexibility index (Phi) is 3.59. The van der Waals surface area contributed by atoms with Crippen LogP contribution in [0.3, 0.4) is 0 Å². The number of nitrogens with one attached hydrogen (secondary N) is 1. The molecule has 0 aliphatic carbocycles. The van der Waals surface area contributed by atoms with Crippen LogP contribution in [-0.2, 0) is 4.79 Å². The van der Waals surface area contributed by atoms with Crippen LogP contribution >= 0.6 is 0 Å². The van der Waals surface area contributed by atoms with E-state index in [9.17, 15) is 20.0 Å². The van der Waals surface area contributed by atoms with Crippen LogP contribution in [0, 0.1) is 10.1 Å². The Labute approximate surface area is 117 Å². The SMILES string of the molecule is COc1ccc(/C=C2/C(=O)NC(O)=[N+]=C2O)cc1[N+](=O)[O-]. The Hall–Kier alpha value is -3.32. The van der Waals surface area contributed by atoms with E-state index in [1.165, 1.54) is 31.4 Å². The zero-order chi connectivity index (χ0) is 15.6. The monoisotopic (exact) mass is 292 g/mol. The second-order valence-corrected chi connectivity index (χ2v) is 3.96. The van der Waals surface area contributed by atoms with Gasteiger partial charge in [0.1, 0.15) is 0 Å². The van der Waals surface area contributed by atoms with E-state index in [-0.39, 0.29) is 22.6 Å². The van der Waals surface area contributed by atoms with Gasteiger partial charge >= 0.3 is 23.5 Å². The van der Waals surface area contributed by atoms with E-state index in [4.69, 9.17) is 9.84 Å². The van der Waals surface area contributed by atoms with Crippen LogP contribution in [0.2, 0.25) is 0 Å². The lowest BCUT2D eigenvalue weighted by atomic mass is 10.1. The molecule has 0 bridgehead atoms. The Bertz CT molecular complexity index is 731. The summed E-state index contributed by atoms with van der Waals surface area (Å²) in [6.07, 6.45) is 1.20. The number of nitro benzene ring substituents is 1. The van der Waals surface area contributed by atoms with Crippen LogP contribution in [0.1, 0.15) is 5.56 Å². The molecule has 108 valence electrons. The number of ether oxygens (including phenoxy) is 1. The first-order valence-electron chi connectivity index (χ1n) is 5.62. The summed E-state index contributed by atoms with van der Waals surface area (Å²) in [5.74, 6) is -1.40. The van der Waals surface area contributed by atoms with E-state index in [0.29, 0.717) is 0 Å². The Balaban J connectivity index is 2.51. The van der Waals surface area contributed by atoms with Gasteiger partial charge in [-0.05, 0) is 17.7 Å². The number of aliphatic hydroxyl groups is 2. The molecule has 1 heterocycles. The quantitative estimate of drug-likeness (QED) is 0.312. The molecule has 9 heteroatoms. The summed E-state index contributed by atoms with van der Waals surface area (Å²) in [5.41, 5.74) is -0.225. The van der Waals surface area contributed by atoms with Crippen LogP contribution in [0.15, 0.2) is 23.8 Å². The van der Waals surface area contributed by atoms with Crippen LogP contribution in [0.4, 0.5) is 5.69 Å². The maximum Gasteiger partial charge on any atom is 0.556 e. The fourth-order valence-electron chi connectivity index (χ4n) is 1.70. The molecule has 3 N–H and O–H groups in total. The first-order valence-corrected chi connectivity index (χ1v) is 5.62. The predicted molar refractivity (Wildman–Crippen MR) is 73.2 cm³/mol. The lowest BCUT2D eigenvalue weighted by Gasteiger charge is -2.03. The molecule has 1 aliphatic rings. The van der Waals surface area contributed by atoms with Gasteiger partial charge in [-0.15, -0.1) is 4.67 Å². The van der Waals surface area contributed by atoms with Gasteiger partial charge in [-0.3, -0.25) is 10.1 Å². The summed E-state index contributed by atoms with van der Waals surface area (Å²) >= 11 is 0. The average Bonchev–Trinajstić information content (AvgIpc) is 2.42. The third kappa shape index (κ3) is 2.82. The summed E-state index contributed by atoms with van der Waals surface area (Å²) < 4.78 is 8.14. The molecule has 1 aromatic carbocycles. The summed E-state index contributed by atoms with van der Waals surface area (Å²) in [5, 5.41) is 31.5. The van der Waals surface area contributed by atoms with Crippen molar-refractivity contribution in [3.05, 3.63) is 39.4 Å². The van der Waals surface area contributed by atoms with E-state index in [1.54, 1.807) is 0 Å². The highest BCUT2D eigenvalue weighted by molar-refractivity contribution is 6.26.